The molecule has 0 radical (unpaired) electrons. The van der Waals surface area contributed by atoms with Gasteiger partial charge in [-0.05, 0) is 61.7 Å². The Bertz CT molecular complexity index is 815. The van der Waals surface area contributed by atoms with Gasteiger partial charge in [0.05, 0.1) is 12.6 Å². The fourth-order valence-corrected chi connectivity index (χ4v) is 3.25. The fraction of sp³-hybridized carbons (Fsp3) is 0.333. The molecule has 1 aliphatic rings. The number of carbonyl (C=O) groups excluding carboxylic acids is 2. The van der Waals surface area contributed by atoms with Crippen LogP contribution in [0.5, 0.6) is 5.75 Å². The minimum atomic E-state index is -0.115. The smallest absolute Gasteiger partial charge is 0.251 e. The maximum atomic E-state index is 12.6. The van der Waals surface area contributed by atoms with Gasteiger partial charge in [-0.15, -0.1) is 0 Å². The van der Waals surface area contributed by atoms with E-state index in [4.69, 9.17) is 4.74 Å². The molecule has 1 aliphatic heterocycles. The maximum Gasteiger partial charge on any atom is 0.251 e. The molecule has 2 amide bonds. The molecule has 26 heavy (non-hydrogen) atoms. The molecule has 0 aliphatic carbocycles. The zero-order valence-electron chi connectivity index (χ0n) is 15.4. The van der Waals surface area contributed by atoms with Crippen molar-refractivity contribution in [3.05, 3.63) is 59.2 Å². The first-order valence-corrected chi connectivity index (χ1v) is 8.94. The molecule has 0 spiro atoms. The van der Waals surface area contributed by atoms with Gasteiger partial charge in [0, 0.05) is 24.7 Å². The highest BCUT2D eigenvalue weighted by Crippen LogP contribution is 2.29. The summed E-state index contributed by atoms with van der Waals surface area (Å²) in [6, 6.07) is 13.2. The zero-order valence-corrected chi connectivity index (χ0v) is 15.4. The van der Waals surface area contributed by atoms with Crippen LogP contribution in [0.25, 0.3) is 0 Å². The van der Waals surface area contributed by atoms with E-state index in [1.54, 1.807) is 17.9 Å². The molecule has 0 aromatic heterocycles. The minimum Gasteiger partial charge on any atom is -0.494 e. The summed E-state index contributed by atoms with van der Waals surface area (Å²) in [5, 5.41) is 3.03. The summed E-state index contributed by atoms with van der Waals surface area (Å²) in [5.74, 6) is 0.740. The molecule has 0 saturated carbocycles. The number of hydrogen-bond donors (Lipinski definition) is 1. The van der Waals surface area contributed by atoms with Crippen LogP contribution in [-0.2, 0) is 11.2 Å². The van der Waals surface area contributed by atoms with Crippen molar-refractivity contribution in [2.24, 2.45) is 0 Å². The van der Waals surface area contributed by atoms with Crippen molar-refractivity contribution in [3.63, 3.8) is 0 Å². The van der Waals surface area contributed by atoms with Gasteiger partial charge in [0.1, 0.15) is 5.75 Å². The van der Waals surface area contributed by atoms with Crippen molar-refractivity contribution < 1.29 is 14.3 Å². The third kappa shape index (κ3) is 3.72. The summed E-state index contributed by atoms with van der Waals surface area (Å²) in [4.78, 5) is 26.0. The number of amides is 2. The van der Waals surface area contributed by atoms with E-state index in [1.807, 2.05) is 50.2 Å². The maximum absolute atomic E-state index is 12.6. The largest absolute Gasteiger partial charge is 0.494 e. The number of nitrogens with zero attached hydrogens (tertiary/aromatic N) is 1. The Morgan fingerprint density at radius 2 is 1.92 bits per heavy atom. The summed E-state index contributed by atoms with van der Waals surface area (Å²) in [7, 11) is 0. The lowest BCUT2D eigenvalue weighted by atomic mass is 10.1. The van der Waals surface area contributed by atoms with E-state index in [-0.39, 0.29) is 17.9 Å². The van der Waals surface area contributed by atoms with Crippen molar-refractivity contribution in [3.8, 4) is 5.75 Å². The lowest BCUT2D eigenvalue weighted by molar-refractivity contribution is -0.116. The Hall–Kier alpha value is -2.82. The quantitative estimate of drug-likeness (QED) is 0.896. The molecule has 5 nitrogen and oxygen atoms in total. The van der Waals surface area contributed by atoms with Crippen molar-refractivity contribution in [2.45, 2.75) is 33.2 Å². The third-order valence-corrected chi connectivity index (χ3v) is 4.66. The van der Waals surface area contributed by atoms with E-state index >= 15 is 0 Å². The topological polar surface area (TPSA) is 58.6 Å². The van der Waals surface area contributed by atoms with Gasteiger partial charge >= 0.3 is 0 Å². The number of hydrogen-bond acceptors (Lipinski definition) is 3. The SMILES string of the molecule is CCOc1ccc(C(C)NC(=O)c2ccc3c(c2)CCN3C(C)=O)cc1. The number of ether oxygens (including phenoxy) is 1. The molecular formula is C21H24N2O3. The van der Waals surface area contributed by atoms with Crippen molar-refractivity contribution in [1.82, 2.24) is 5.32 Å². The molecule has 2 aromatic carbocycles. The van der Waals surface area contributed by atoms with E-state index in [0.717, 1.165) is 29.0 Å². The average Bonchev–Trinajstić information content (AvgIpc) is 3.06. The summed E-state index contributed by atoms with van der Waals surface area (Å²) < 4.78 is 5.44. The van der Waals surface area contributed by atoms with Crippen LogP contribution in [0, 0.1) is 0 Å². The molecule has 1 atom stereocenters. The minimum absolute atomic E-state index is 0.0325. The Labute approximate surface area is 154 Å². The second-order valence-electron chi connectivity index (χ2n) is 6.46. The molecule has 1 unspecified atom stereocenters. The van der Waals surface area contributed by atoms with Gasteiger partial charge in [-0.25, -0.2) is 0 Å². The molecule has 136 valence electrons. The number of anilines is 1. The van der Waals surface area contributed by atoms with Crippen LogP contribution in [0.15, 0.2) is 42.5 Å². The first-order chi connectivity index (χ1) is 12.5. The zero-order chi connectivity index (χ0) is 18.7. The molecule has 1 N–H and O–H groups in total. The van der Waals surface area contributed by atoms with Gasteiger partial charge in [-0.2, -0.15) is 0 Å². The highest BCUT2D eigenvalue weighted by Gasteiger charge is 2.23. The highest BCUT2D eigenvalue weighted by atomic mass is 16.5. The second kappa shape index (κ2) is 7.60. The predicted octanol–water partition coefficient (Wildman–Crippen LogP) is 3.49. The van der Waals surface area contributed by atoms with Gasteiger partial charge in [0.2, 0.25) is 5.91 Å². The van der Waals surface area contributed by atoms with Crippen LogP contribution in [0.3, 0.4) is 0 Å². The molecule has 2 aromatic rings. The molecule has 0 fully saturated rings. The Kier molecular flexibility index (Phi) is 5.26. The Morgan fingerprint density at radius 1 is 1.19 bits per heavy atom. The fourth-order valence-electron chi connectivity index (χ4n) is 3.25. The molecule has 3 rings (SSSR count). The Morgan fingerprint density at radius 3 is 2.58 bits per heavy atom. The second-order valence-corrected chi connectivity index (χ2v) is 6.46. The van der Waals surface area contributed by atoms with E-state index in [9.17, 15) is 9.59 Å². The normalized spacial score (nSPS) is 13.9. The number of rotatable bonds is 5. The van der Waals surface area contributed by atoms with Crippen LogP contribution in [0.4, 0.5) is 5.69 Å². The van der Waals surface area contributed by atoms with Crippen LogP contribution in [0.2, 0.25) is 0 Å². The molecule has 5 heteroatoms. The van der Waals surface area contributed by atoms with Crippen LogP contribution in [-0.4, -0.2) is 25.0 Å². The first kappa shape index (κ1) is 18.0. The Balaban J connectivity index is 1.69. The van der Waals surface area contributed by atoms with Gasteiger partial charge in [0.25, 0.3) is 5.91 Å². The average molecular weight is 352 g/mol. The standard InChI is InChI=1S/C21H24N2O3/c1-4-26-19-8-5-16(6-9-19)14(2)22-21(25)18-7-10-20-17(13-18)11-12-23(20)15(3)24/h5-10,13-14H,4,11-12H2,1-3H3,(H,22,25). The number of fused-ring (bicyclic) bond motifs is 1. The highest BCUT2D eigenvalue weighted by molar-refractivity contribution is 5.98. The lowest BCUT2D eigenvalue weighted by Gasteiger charge is -2.17. The monoisotopic (exact) mass is 352 g/mol. The number of carbonyl (C=O) groups is 2. The molecule has 0 saturated heterocycles. The van der Waals surface area contributed by atoms with Crippen LogP contribution >= 0.6 is 0 Å². The first-order valence-electron chi connectivity index (χ1n) is 8.94. The lowest BCUT2D eigenvalue weighted by Crippen LogP contribution is -2.27. The molecule has 1 heterocycles. The van der Waals surface area contributed by atoms with Gasteiger partial charge in [0.15, 0.2) is 0 Å². The van der Waals surface area contributed by atoms with Crippen molar-refractivity contribution in [2.75, 3.05) is 18.1 Å². The molecule has 0 bridgehead atoms. The summed E-state index contributed by atoms with van der Waals surface area (Å²) >= 11 is 0. The van der Waals surface area contributed by atoms with Gasteiger partial charge < -0.3 is 15.0 Å². The predicted molar refractivity (Wildman–Crippen MR) is 102 cm³/mol. The summed E-state index contributed by atoms with van der Waals surface area (Å²) in [6.07, 6.45) is 0.782. The van der Waals surface area contributed by atoms with Gasteiger partial charge in [-0.3, -0.25) is 9.59 Å². The summed E-state index contributed by atoms with van der Waals surface area (Å²) in [6.45, 7) is 6.78. The van der Waals surface area contributed by atoms with Gasteiger partial charge in [-0.1, -0.05) is 12.1 Å². The number of nitrogens with one attached hydrogen (secondary N) is 1. The number of benzene rings is 2. The van der Waals surface area contributed by atoms with Crippen LogP contribution < -0.4 is 15.0 Å². The van der Waals surface area contributed by atoms with E-state index in [1.165, 1.54) is 0 Å². The van der Waals surface area contributed by atoms with Crippen LogP contribution in [0.1, 0.15) is 48.3 Å². The van der Waals surface area contributed by atoms with Crippen molar-refractivity contribution >= 4 is 17.5 Å². The molecular weight excluding hydrogens is 328 g/mol. The van der Waals surface area contributed by atoms with E-state index in [0.29, 0.717) is 18.7 Å². The van der Waals surface area contributed by atoms with Crippen molar-refractivity contribution in [1.29, 1.82) is 0 Å². The third-order valence-electron chi connectivity index (χ3n) is 4.66. The summed E-state index contributed by atoms with van der Waals surface area (Å²) in [5.41, 5.74) is 3.59. The van der Waals surface area contributed by atoms with E-state index < -0.39 is 0 Å². The van der Waals surface area contributed by atoms with E-state index in [2.05, 4.69) is 5.32 Å².